The maximum atomic E-state index is 11.5. The first-order valence-electron chi connectivity index (χ1n) is 5.51. The average molecular weight is 257 g/mol. The van der Waals surface area contributed by atoms with Gasteiger partial charge in [-0.25, -0.2) is 9.78 Å². The molecule has 5 nitrogen and oxygen atoms in total. The summed E-state index contributed by atoms with van der Waals surface area (Å²) < 4.78 is 6.56. The average Bonchev–Trinajstić information content (AvgIpc) is 2.65. The standard InChI is InChI=1S/C11H19N3O2S/c1-5-8-13-9(11(15)16-3)10(12)14(8)6-7(2)17-4/h7H,5-6,12H2,1-4H3. The lowest BCUT2D eigenvalue weighted by Gasteiger charge is -2.13. The predicted octanol–water partition coefficient (Wildman–Crippen LogP) is 1.57. The monoisotopic (exact) mass is 257 g/mol. The zero-order valence-electron chi connectivity index (χ0n) is 10.7. The van der Waals surface area contributed by atoms with Crippen LogP contribution in [0, 0.1) is 0 Å². The zero-order chi connectivity index (χ0) is 13.0. The highest BCUT2D eigenvalue weighted by atomic mass is 32.2. The third kappa shape index (κ3) is 2.94. The van der Waals surface area contributed by atoms with Crippen molar-refractivity contribution in [3.05, 3.63) is 11.5 Å². The molecule has 1 aromatic heterocycles. The van der Waals surface area contributed by atoms with E-state index in [2.05, 4.69) is 16.6 Å². The molecule has 0 aliphatic heterocycles. The lowest BCUT2D eigenvalue weighted by molar-refractivity contribution is 0.0595. The van der Waals surface area contributed by atoms with Crippen LogP contribution in [0.4, 0.5) is 5.82 Å². The van der Waals surface area contributed by atoms with Crippen LogP contribution in [0.3, 0.4) is 0 Å². The van der Waals surface area contributed by atoms with Gasteiger partial charge in [-0.2, -0.15) is 11.8 Å². The van der Waals surface area contributed by atoms with Crippen molar-refractivity contribution in [2.24, 2.45) is 0 Å². The van der Waals surface area contributed by atoms with E-state index < -0.39 is 5.97 Å². The molecule has 0 saturated heterocycles. The number of nitrogens with zero attached hydrogens (tertiary/aromatic N) is 2. The Hall–Kier alpha value is -1.17. The Kier molecular flexibility index (Phi) is 4.86. The molecule has 0 aliphatic carbocycles. The minimum Gasteiger partial charge on any atom is -0.464 e. The van der Waals surface area contributed by atoms with Crippen LogP contribution in [0.15, 0.2) is 0 Å². The van der Waals surface area contributed by atoms with E-state index in [4.69, 9.17) is 5.73 Å². The molecule has 0 saturated carbocycles. The molecule has 1 atom stereocenters. The summed E-state index contributed by atoms with van der Waals surface area (Å²) in [6, 6.07) is 0. The number of anilines is 1. The van der Waals surface area contributed by atoms with Crippen LogP contribution in [0.5, 0.6) is 0 Å². The van der Waals surface area contributed by atoms with Crippen molar-refractivity contribution in [3.63, 3.8) is 0 Å². The Morgan fingerprint density at radius 2 is 2.29 bits per heavy atom. The summed E-state index contributed by atoms with van der Waals surface area (Å²) in [5, 5.41) is 0.419. The maximum Gasteiger partial charge on any atom is 0.360 e. The normalized spacial score (nSPS) is 12.5. The summed E-state index contributed by atoms with van der Waals surface area (Å²) >= 11 is 1.75. The quantitative estimate of drug-likeness (QED) is 0.811. The highest BCUT2D eigenvalue weighted by molar-refractivity contribution is 7.99. The van der Waals surface area contributed by atoms with Crippen LogP contribution in [0.25, 0.3) is 0 Å². The molecule has 1 rings (SSSR count). The van der Waals surface area contributed by atoms with Crippen molar-refractivity contribution in [1.82, 2.24) is 9.55 Å². The summed E-state index contributed by atoms with van der Waals surface area (Å²) in [7, 11) is 1.33. The summed E-state index contributed by atoms with van der Waals surface area (Å²) in [6.45, 7) is 4.85. The highest BCUT2D eigenvalue weighted by Gasteiger charge is 2.20. The van der Waals surface area contributed by atoms with Gasteiger partial charge >= 0.3 is 5.97 Å². The lowest BCUT2D eigenvalue weighted by atomic mass is 10.4. The van der Waals surface area contributed by atoms with E-state index in [1.54, 1.807) is 11.8 Å². The molecule has 6 heteroatoms. The van der Waals surface area contributed by atoms with Crippen LogP contribution in [0.1, 0.15) is 30.2 Å². The number of aryl methyl sites for hydroxylation is 1. The molecule has 0 spiro atoms. The van der Waals surface area contributed by atoms with Crippen molar-refractivity contribution in [2.75, 3.05) is 19.1 Å². The number of rotatable bonds is 5. The molecule has 0 bridgehead atoms. The van der Waals surface area contributed by atoms with Crippen molar-refractivity contribution >= 4 is 23.5 Å². The number of imidazole rings is 1. The molecule has 2 N–H and O–H groups in total. The van der Waals surface area contributed by atoms with Gasteiger partial charge in [0.2, 0.25) is 0 Å². The van der Waals surface area contributed by atoms with Gasteiger partial charge in [-0.15, -0.1) is 0 Å². The summed E-state index contributed by atoms with van der Waals surface area (Å²) in [5.41, 5.74) is 6.17. The zero-order valence-corrected chi connectivity index (χ0v) is 11.5. The van der Waals surface area contributed by atoms with E-state index in [9.17, 15) is 4.79 Å². The van der Waals surface area contributed by atoms with Crippen molar-refractivity contribution < 1.29 is 9.53 Å². The van der Waals surface area contributed by atoms with Crippen LogP contribution >= 0.6 is 11.8 Å². The molecule has 0 aromatic carbocycles. The fourth-order valence-electron chi connectivity index (χ4n) is 1.57. The molecule has 17 heavy (non-hydrogen) atoms. The molecule has 0 fully saturated rings. The number of nitrogens with two attached hydrogens (primary N) is 1. The molecule has 0 amide bonds. The minimum absolute atomic E-state index is 0.220. The molecule has 0 radical (unpaired) electrons. The van der Waals surface area contributed by atoms with E-state index in [1.165, 1.54) is 7.11 Å². The van der Waals surface area contributed by atoms with Crippen LogP contribution in [0.2, 0.25) is 0 Å². The number of esters is 1. The first-order chi connectivity index (χ1) is 8.04. The van der Waals surface area contributed by atoms with Gasteiger partial charge in [0.25, 0.3) is 0 Å². The summed E-state index contributed by atoms with van der Waals surface area (Å²) in [4.78, 5) is 15.7. The van der Waals surface area contributed by atoms with Gasteiger partial charge in [-0.3, -0.25) is 0 Å². The van der Waals surface area contributed by atoms with Gasteiger partial charge in [0.1, 0.15) is 11.6 Å². The second-order valence-electron chi connectivity index (χ2n) is 3.76. The smallest absolute Gasteiger partial charge is 0.360 e. The Labute approximate surface area is 106 Å². The number of aromatic nitrogens is 2. The molecule has 0 aliphatic rings. The van der Waals surface area contributed by atoms with Gasteiger partial charge in [-0.05, 0) is 6.26 Å². The van der Waals surface area contributed by atoms with Gasteiger partial charge in [-0.1, -0.05) is 13.8 Å². The second kappa shape index (κ2) is 5.95. The van der Waals surface area contributed by atoms with Gasteiger partial charge in [0, 0.05) is 18.2 Å². The topological polar surface area (TPSA) is 70.1 Å². The van der Waals surface area contributed by atoms with E-state index in [-0.39, 0.29) is 5.69 Å². The highest BCUT2D eigenvalue weighted by Crippen LogP contribution is 2.19. The van der Waals surface area contributed by atoms with Crippen molar-refractivity contribution in [3.8, 4) is 0 Å². The predicted molar refractivity (Wildman–Crippen MR) is 70.3 cm³/mol. The fraction of sp³-hybridized carbons (Fsp3) is 0.636. The molecule has 1 unspecified atom stereocenters. The number of hydrogen-bond acceptors (Lipinski definition) is 5. The molecular weight excluding hydrogens is 238 g/mol. The van der Waals surface area contributed by atoms with E-state index >= 15 is 0 Å². The Bertz CT molecular complexity index is 404. The van der Waals surface area contributed by atoms with E-state index in [0.29, 0.717) is 11.1 Å². The van der Waals surface area contributed by atoms with E-state index in [1.807, 2.05) is 17.7 Å². The largest absolute Gasteiger partial charge is 0.464 e. The number of thioether (sulfide) groups is 1. The lowest BCUT2D eigenvalue weighted by Crippen LogP contribution is -2.14. The Morgan fingerprint density at radius 3 is 2.76 bits per heavy atom. The number of nitrogen functional groups attached to an aromatic ring is 1. The molecule has 1 heterocycles. The summed E-state index contributed by atoms with van der Waals surface area (Å²) in [6.07, 6.45) is 2.78. The van der Waals surface area contributed by atoms with Gasteiger partial charge < -0.3 is 15.0 Å². The first-order valence-corrected chi connectivity index (χ1v) is 6.79. The van der Waals surface area contributed by atoms with Crippen molar-refractivity contribution in [1.29, 1.82) is 0 Å². The maximum absolute atomic E-state index is 11.5. The third-order valence-corrected chi connectivity index (χ3v) is 3.58. The van der Waals surface area contributed by atoms with Gasteiger partial charge in [0.05, 0.1) is 7.11 Å². The Morgan fingerprint density at radius 1 is 1.65 bits per heavy atom. The van der Waals surface area contributed by atoms with E-state index in [0.717, 1.165) is 18.8 Å². The molecule has 1 aromatic rings. The fourth-order valence-corrected chi connectivity index (χ4v) is 1.86. The number of ether oxygens (including phenoxy) is 1. The number of carbonyl (C=O) groups excluding carboxylic acids is 1. The Balaban J connectivity index is 3.10. The van der Waals surface area contributed by atoms with Crippen LogP contribution < -0.4 is 5.73 Å². The molecular formula is C11H19N3O2S. The SMILES string of the molecule is CCc1nc(C(=O)OC)c(N)n1CC(C)SC. The van der Waals surface area contributed by atoms with Gasteiger partial charge in [0.15, 0.2) is 5.69 Å². The second-order valence-corrected chi connectivity index (χ2v) is 5.04. The third-order valence-electron chi connectivity index (χ3n) is 2.62. The van der Waals surface area contributed by atoms with Crippen LogP contribution in [-0.4, -0.2) is 34.1 Å². The molecule has 96 valence electrons. The summed E-state index contributed by atoms with van der Waals surface area (Å²) in [5.74, 6) is 0.742. The first kappa shape index (κ1) is 13.9. The number of methoxy groups -OCH3 is 1. The minimum atomic E-state index is -0.479. The van der Waals surface area contributed by atoms with Crippen LogP contribution in [-0.2, 0) is 17.7 Å². The number of hydrogen-bond donors (Lipinski definition) is 1. The number of carbonyl (C=O) groups is 1. The van der Waals surface area contributed by atoms with Crippen molar-refractivity contribution in [2.45, 2.75) is 32.1 Å².